The van der Waals surface area contributed by atoms with Gasteiger partial charge in [-0.05, 0) is 30.5 Å². The molecule has 2 heterocycles. The Kier molecular flexibility index (Phi) is 3.11. The van der Waals surface area contributed by atoms with E-state index in [0.717, 1.165) is 49.8 Å². The van der Waals surface area contributed by atoms with Gasteiger partial charge in [0.1, 0.15) is 0 Å². The molecule has 0 atom stereocenters. The van der Waals surface area contributed by atoms with Gasteiger partial charge in [-0.2, -0.15) is 0 Å². The summed E-state index contributed by atoms with van der Waals surface area (Å²) in [5.41, 5.74) is 3.23. The van der Waals surface area contributed by atoms with E-state index in [1.54, 1.807) is 6.92 Å². The van der Waals surface area contributed by atoms with E-state index in [1.807, 2.05) is 17.0 Å². The van der Waals surface area contributed by atoms with Gasteiger partial charge in [-0.1, -0.05) is 6.07 Å². The SMILES string of the molecule is CC(=O)N1CCc2ccc(NC3=NCCCN3)cc21. The summed E-state index contributed by atoms with van der Waals surface area (Å²) in [5, 5.41) is 6.50. The van der Waals surface area contributed by atoms with Gasteiger partial charge >= 0.3 is 0 Å². The van der Waals surface area contributed by atoms with Crippen molar-refractivity contribution in [1.82, 2.24) is 5.32 Å². The molecule has 0 spiro atoms. The third-order valence-corrected chi connectivity index (χ3v) is 3.52. The Morgan fingerprint density at radius 3 is 3.11 bits per heavy atom. The topological polar surface area (TPSA) is 56.7 Å². The molecule has 19 heavy (non-hydrogen) atoms. The van der Waals surface area contributed by atoms with Crippen LogP contribution in [0.15, 0.2) is 23.2 Å². The van der Waals surface area contributed by atoms with Crippen LogP contribution in [0.4, 0.5) is 11.4 Å². The molecule has 0 fully saturated rings. The van der Waals surface area contributed by atoms with Crippen molar-refractivity contribution in [3.8, 4) is 0 Å². The maximum Gasteiger partial charge on any atom is 0.223 e. The van der Waals surface area contributed by atoms with E-state index in [9.17, 15) is 4.79 Å². The third-order valence-electron chi connectivity index (χ3n) is 3.52. The molecule has 0 saturated heterocycles. The molecular weight excluding hydrogens is 240 g/mol. The quantitative estimate of drug-likeness (QED) is 0.799. The number of benzene rings is 1. The Morgan fingerprint density at radius 2 is 2.37 bits per heavy atom. The number of aliphatic imine (C=N–C) groups is 1. The van der Waals surface area contributed by atoms with E-state index in [1.165, 1.54) is 5.56 Å². The minimum Gasteiger partial charge on any atom is -0.356 e. The number of nitrogens with zero attached hydrogens (tertiary/aromatic N) is 2. The largest absolute Gasteiger partial charge is 0.356 e. The number of carbonyl (C=O) groups is 1. The first-order chi connectivity index (χ1) is 9.24. The van der Waals surface area contributed by atoms with Gasteiger partial charge < -0.3 is 15.5 Å². The van der Waals surface area contributed by atoms with Crippen LogP contribution in [-0.4, -0.2) is 31.5 Å². The van der Waals surface area contributed by atoms with Crippen LogP contribution in [0.2, 0.25) is 0 Å². The molecule has 1 aromatic carbocycles. The van der Waals surface area contributed by atoms with Gasteiger partial charge in [0.25, 0.3) is 0 Å². The van der Waals surface area contributed by atoms with Gasteiger partial charge in [0.2, 0.25) is 5.91 Å². The highest BCUT2D eigenvalue weighted by Gasteiger charge is 2.22. The Hall–Kier alpha value is -2.04. The zero-order valence-corrected chi connectivity index (χ0v) is 11.1. The highest BCUT2D eigenvalue weighted by Crippen LogP contribution is 2.30. The summed E-state index contributed by atoms with van der Waals surface area (Å²) in [6.07, 6.45) is 2.02. The summed E-state index contributed by atoms with van der Waals surface area (Å²) in [5.74, 6) is 0.919. The van der Waals surface area contributed by atoms with Crippen molar-refractivity contribution in [3.05, 3.63) is 23.8 Å². The van der Waals surface area contributed by atoms with E-state index in [4.69, 9.17) is 0 Å². The lowest BCUT2D eigenvalue weighted by molar-refractivity contribution is -0.116. The molecule has 0 radical (unpaired) electrons. The average Bonchev–Trinajstić information content (AvgIpc) is 2.83. The Morgan fingerprint density at radius 1 is 1.47 bits per heavy atom. The van der Waals surface area contributed by atoms with E-state index in [2.05, 4.69) is 21.7 Å². The fraction of sp³-hybridized carbons (Fsp3) is 0.429. The lowest BCUT2D eigenvalue weighted by Gasteiger charge is -2.18. The number of guanidine groups is 1. The molecule has 2 aliphatic rings. The fourth-order valence-corrected chi connectivity index (χ4v) is 2.54. The summed E-state index contributed by atoms with van der Waals surface area (Å²) < 4.78 is 0. The minimum atomic E-state index is 0.101. The van der Waals surface area contributed by atoms with Gasteiger partial charge in [0, 0.05) is 37.9 Å². The maximum atomic E-state index is 11.6. The minimum absolute atomic E-state index is 0.101. The molecule has 0 bridgehead atoms. The average molecular weight is 258 g/mol. The number of amides is 1. The number of hydrogen-bond acceptors (Lipinski definition) is 4. The normalized spacial score (nSPS) is 17.5. The van der Waals surface area contributed by atoms with Crippen molar-refractivity contribution in [3.63, 3.8) is 0 Å². The monoisotopic (exact) mass is 258 g/mol. The summed E-state index contributed by atoms with van der Waals surface area (Å²) in [6, 6.07) is 6.16. The van der Waals surface area contributed by atoms with Gasteiger partial charge in [0.05, 0.1) is 0 Å². The van der Waals surface area contributed by atoms with Crippen molar-refractivity contribution < 1.29 is 4.79 Å². The lowest BCUT2D eigenvalue weighted by Crippen LogP contribution is -2.35. The Bertz CT molecular complexity index is 538. The predicted molar refractivity (Wildman–Crippen MR) is 76.7 cm³/mol. The lowest BCUT2D eigenvalue weighted by atomic mass is 10.1. The first-order valence-corrected chi connectivity index (χ1v) is 6.70. The molecule has 0 aliphatic carbocycles. The van der Waals surface area contributed by atoms with Gasteiger partial charge in [-0.15, -0.1) is 0 Å². The molecule has 2 aliphatic heterocycles. The smallest absolute Gasteiger partial charge is 0.223 e. The number of nitrogens with one attached hydrogen (secondary N) is 2. The Balaban J connectivity index is 1.82. The summed E-state index contributed by atoms with van der Waals surface area (Å²) in [4.78, 5) is 17.8. The molecule has 5 nitrogen and oxygen atoms in total. The van der Waals surface area contributed by atoms with Crippen LogP contribution in [0.1, 0.15) is 18.9 Å². The maximum absolute atomic E-state index is 11.6. The fourth-order valence-electron chi connectivity index (χ4n) is 2.54. The van der Waals surface area contributed by atoms with Crippen LogP contribution in [-0.2, 0) is 11.2 Å². The van der Waals surface area contributed by atoms with E-state index < -0.39 is 0 Å². The Labute approximate surface area is 112 Å². The van der Waals surface area contributed by atoms with Crippen LogP contribution in [0.5, 0.6) is 0 Å². The second-order valence-electron chi connectivity index (χ2n) is 4.90. The highest BCUT2D eigenvalue weighted by atomic mass is 16.2. The molecule has 1 amide bonds. The first-order valence-electron chi connectivity index (χ1n) is 6.70. The molecule has 0 aromatic heterocycles. The third kappa shape index (κ3) is 2.41. The van der Waals surface area contributed by atoms with E-state index in [0.29, 0.717) is 0 Å². The molecule has 0 saturated carbocycles. The van der Waals surface area contributed by atoms with Crippen LogP contribution in [0.3, 0.4) is 0 Å². The van der Waals surface area contributed by atoms with E-state index in [-0.39, 0.29) is 5.91 Å². The summed E-state index contributed by atoms with van der Waals surface area (Å²) in [7, 11) is 0. The predicted octanol–water partition coefficient (Wildman–Crippen LogP) is 1.36. The summed E-state index contributed by atoms with van der Waals surface area (Å²) in [6.45, 7) is 4.21. The van der Waals surface area contributed by atoms with Crippen LogP contribution in [0.25, 0.3) is 0 Å². The first kappa shape index (κ1) is 12.0. The standard InChI is InChI=1S/C14H18N4O/c1-10(19)18-8-5-11-3-4-12(9-13(11)18)17-14-15-6-2-7-16-14/h3-4,9H,2,5-8H2,1H3,(H2,15,16,17). The second kappa shape index (κ2) is 4.91. The van der Waals surface area contributed by atoms with Crippen molar-refractivity contribution in [2.24, 2.45) is 4.99 Å². The van der Waals surface area contributed by atoms with Gasteiger partial charge in [-0.25, -0.2) is 0 Å². The van der Waals surface area contributed by atoms with Crippen molar-refractivity contribution >= 4 is 23.2 Å². The number of fused-ring (bicyclic) bond motifs is 1. The number of rotatable bonds is 1. The van der Waals surface area contributed by atoms with Crippen LogP contribution < -0.4 is 15.5 Å². The molecule has 1 aromatic rings. The number of anilines is 2. The molecular formula is C14H18N4O. The molecule has 3 rings (SSSR count). The summed E-state index contributed by atoms with van der Waals surface area (Å²) >= 11 is 0. The number of carbonyl (C=O) groups excluding carboxylic acids is 1. The van der Waals surface area contributed by atoms with Crippen molar-refractivity contribution in [2.75, 3.05) is 29.9 Å². The molecule has 5 heteroatoms. The molecule has 0 unspecified atom stereocenters. The molecule has 100 valence electrons. The van der Waals surface area contributed by atoms with Gasteiger partial charge in [0.15, 0.2) is 5.96 Å². The van der Waals surface area contributed by atoms with Crippen LogP contribution in [0, 0.1) is 0 Å². The highest BCUT2D eigenvalue weighted by molar-refractivity contribution is 5.97. The van der Waals surface area contributed by atoms with E-state index >= 15 is 0 Å². The second-order valence-corrected chi connectivity index (χ2v) is 4.90. The van der Waals surface area contributed by atoms with Crippen molar-refractivity contribution in [1.29, 1.82) is 0 Å². The van der Waals surface area contributed by atoms with Crippen molar-refractivity contribution in [2.45, 2.75) is 19.8 Å². The van der Waals surface area contributed by atoms with Crippen LogP contribution >= 0.6 is 0 Å². The zero-order valence-electron chi connectivity index (χ0n) is 11.1. The number of hydrogen-bond donors (Lipinski definition) is 2. The van der Waals surface area contributed by atoms with Gasteiger partial charge in [-0.3, -0.25) is 9.79 Å². The molecule has 2 N–H and O–H groups in total. The zero-order chi connectivity index (χ0) is 13.2.